The Kier molecular flexibility index (Phi) is 3.21. The van der Waals surface area contributed by atoms with E-state index in [9.17, 15) is 0 Å². The molecular weight excluding hydrogens is 256 g/mol. The Morgan fingerprint density at radius 3 is 3.11 bits per heavy atom. The van der Waals surface area contributed by atoms with Crippen molar-refractivity contribution >= 4 is 26.7 Å². The van der Waals surface area contributed by atoms with Gasteiger partial charge < -0.3 is 5.32 Å². The molecule has 1 aromatic carbocycles. The van der Waals surface area contributed by atoms with E-state index in [4.69, 9.17) is 0 Å². The molecule has 2 heterocycles. The van der Waals surface area contributed by atoms with E-state index < -0.39 is 0 Å². The fourth-order valence-corrected chi connectivity index (χ4v) is 3.00. The van der Waals surface area contributed by atoms with Gasteiger partial charge in [0.05, 0.1) is 16.8 Å². The van der Waals surface area contributed by atoms with Crippen LogP contribution < -0.4 is 5.32 Å². The van der Waals surface area contributed by atoms with E-state index >= 15 is 0 Å². The van der Waals surface area contributed by atoms with Crippen LogP contribution in [0.3, 0.4) is 0 Å². The predicted molar refractivity (Wildman–Crippen MR) is 79.7 cm³/mol. The summed E-state index contributed by atoms with van der Waals surface area (Å²) in [7, 11) is 0. The van der Waals surface area contributed by atoms with Gasteiger partial charge in [0.2, 0.25) is 0 Å². The van der Waals surface area contributed by atoms with Crippen LogP contribution in [0.15, 0.2) is 36.7 Å². The summed E-state index contributed by atoms with van der Waals surface area (Å²) in [4.78, 5) is 4.62. The van der Waals surface area contributed by atoms with Gasteiger partial charge in [0.15, 0.2) is 5.13 Å². The van der Waals surface area contributed by atoms with Gasteiger partial charge in [-0.15, -0.1) is 0 Å². The summed E-state index contributed by atoms with van der Waals surface area (Å²) in [6.45, 7) is 5.06. The van der Waals surface area contributed by atoms with Crippen LogP contribution in [0.5, 0.6) is 0 Å². The standard InChI is InChI=1S/C14H16N4S/c1-10-4-5-13-12(8-10)17-14(19-13)16-11(2)9-18-7-3-6-15-18/h3-8,11H,9H2,1-2H3,(H,16,17). The lowest BCUT2D eigenvalue weighted by Crippen LogP contribution is -2.22. The van der Waals surface area contributed by atoms with E-state index in [1.165, 1.54) is 10.3 Å². The van der Waals surface area contributed by atoms with E-state index in [0.717, 1.165) is 17.2 Å². The summed E-state index contributed by atoms with van der Waals surface area (Å²) in [5, 5.41) is 8.62. The average Bonchev–Trinajstić information content (AvgIpc) is 2.97. The van der Waals surface area contributed by atoms with E-state index in [0.29, 0.717) is 6.04 Å². The molecular formula is C14H16N4S. The maximum absolute atomic E-state index is 4.62. The number of aryl methyl sites for hydroxylation is 1. The smallest absolute Gasteiger partial charge is 0.184 e. The molecule has 98 valence electrons. The van der Waals surface area contributed by atoms with Gasteiger partial charge in [0, 0.05) is 18.4 Å². The third-order valence-electron chi connectivity index (χ3n) is 2.93. The van der Waals surface area contributed by atoms with Gasteiger partial charge in [-0.25, -0.2) is 4.98 Å². The fraction of sp³-hybridized carbons (Fsp3) is 0.286. The number of rotatable bonds is 4. The number of fused-ring (bicyclic) bond motifs is 1. The summed E-state index contributed by atoms with van der Waals surface area (Å²) in [6.07, 6.45) is 3.77. The topological polar surface area (TPSA) is 42.7 Å². The molecule has 0 aliphatic carbocycles. The molecule has 3 rings (SSSR count). The minimum Gasteiger partial charge on any atom is -0.357 e. The van der Waals surface area contributed by atoms with Gasteiger partial charge in [-0.2, -0.15) is 5.10 Å². The first-order chi connectivity index (χ1) is 9.20. The second-order valence-electron chi connectivity index (χ2n) is 4.76. The summed E-state index contributed by atoms with van der Waals surface area (Å²) in [5.41, 5.74) is 2.31. The van der Waals surface area contributed by atoms with Crippen LogP contribution in [0, 0.1) is 6.92 Å². The minimum atomic E-state index is 0.293. The third-order valence-corrected chi connectivity index (χ3v) is 3.90. The maximum atomic E-state index is 4.62. The molecule has 1 atom stereocenters. The number of nitrogens with one attached hydrogen (secondary N) is 1. The van der Waals surface area contributed by atoms with Crippen molar-refractivity contribution in [2.24, 2.45) is 0 Å². The Labute approximate surface area is 116 Å². The number of benzene rings is 1. The Morgan fingerprint density at radius 1 is 1.42 bits per heavy atom. The molecule has 1 N–H and O–H groups in total. The monoisotopic (exact) mass is 272 g/mol. The molecule has 0 aliphatic rings. The molecule has 0 bridgehead atoms. The van der Waals surface area contributed by atoms with Crippen LogP contribution in [0.25, 0.3) is 10.2 Å². The van der Waals surface area contributed by atoms with E-state index in [2.05, 4.69) is 47.4 Å². The minimum absolute atomic E-state index is 0.293. The van der Waals surface area contributed by atoms with Gasteiger partial charge in [-0.3, -0.25) is 4.68 Å². The first-order valence-corrected chi connectivity index (χ1v) is 7.13. The molecule has 2 aromatic heterocycles. The lowest BCUT2D eigenvalue weighted by molar-refractivity contribution is 0.561. The highest BCUT2D eigenvalue weighted by Gasteiger charge is 2.08. The first-order valence-electron chi connectivity index (χ1n) is 6.32. The van der Waals surface area contributed by atoms with Crippen LogP contribution in [0.2, 0.25) is 0 Å². The van der Waals surface area contributed by atoms with Gasteiger partial charge >= 0.3 is 0 Å². The van der Waals surface area contributed by atoms with Crippen molar-refractivity contribution in [1.82, 2.24) is 14.8 Å². The molecule has 0 aliphatic heterocycles. The highest BCUT2D eigenvalue weighted by molar-refractivity contribution is 7.22. The Hall–Kier alpha value is -1.88. The molecule has 0 spiro atoms. The zero-order chi connectivity index (χ0) is 13.2. The molecule has 0 fully saturated rings. The summed E-state index contributed by atoms with van der Waals surface area (Å²) in [5.74, 6) is 0. The molecule has 3 aromatic rings. The molecule has 4 nitrogen and oxygen atoms in total. The number of thiazole rings is 1. The number of aromatic nitrogens is 3. The zero-order valence-corrected chi connectivity index (χ0v) is 11.8. The van der Waals surface area contributed by atoms with Gasteiger partial charge in [-0.05, 0) is 37.6 Å². The summed E-state index contributed by atoms with van der Waals surface area (Å²) >= 11 is 1.70. The molecule has 0 saturated heterocycles. The first kappa shape index (κ1) is 12.2. The molecule has 1 unspecified atom stereocenters. The largest absolute Gasteiger partial charge is 0.357 e. The Bertz CT molecular complexity index is 672. The van der Waals surface area contributed by atoms with Gasteiger partial charge in [-0.1, -0.05) is 17.4 Å². The lowest BCUT2D eigenvalue weighted by Gasteiger charge is -2.12. The number of hydrogen-bond donors (Lipinski definition) is 1. The van der Waals surface area contributed by atoms with E-state index in [1.54, 1.807) is 17.5 Å². The third kappa shape index (κ3) is 2.76. The molecule has 0 amide bonds. The van der Waals surface area contributed by atoms with Crippen LogP contribution in [-0.2, 0) is 6.54 Å². The van der Waals surface area contributed by atoms with Crippen LogP contribution in [0.4, 0.5) is 5.13 Å². The molecule has 5 heteroatoms. The lowest BCUT2D eigenvalue weighted by atomic mass is 10.2. The molecule has 19 heavy (non-hydrogen) atoms. The van der Waals surface area contributed by atoms with Crippen molar-refractivity contribution in [3.05, 3.63) is 42.2 Å². The second kappa shape index (κ2) is 5.01. The SMILES string of the molecule is Cc1ccc2sc(NC(C)Cn3cccn3)nc2c1. The molecule has 0 saturated carbocycles. The van der Waals surface area contributed by atoms with Gasteiger partial charge in [0.25, 0.3) is 0 Å². The quantitative estimate of drug-likeness (QED) is 0.792. The number of nitrogens with zero attached hydrogens (tertiary/aromatic N) is 3. The molecule has 0 radical (unpaired) electrons. The summed E-state index contributed by atoms with van der Waals surface area (Å²) in [6, 6.07) is 8.60. The normalized spacial score (nSPS) is 12.7. The fourth-order valence-electron chi connectivity index (χ4n) is 2.04. The Morgan fingerprint density at radius 2 is 2.32 bits per heavy atom. The van der Waals surface area contributed by atoms with Crippen molar-refractivity contribution in [2.45, 2.75) is 26.4 Å². The van der Waals surface area contributed by atoms with Crippen LogP contribution in [-0.4, -0.2) is 20.8 Å². The van der Waals surface area contributed by atoms with E-state index in [-0.39, 0.29) is 0 Å². The van der Waals surface area contributed by atoms with Crippen molar-refractivity contribution in [1.29, 1.82) is 0 Å². The summed E-state index contributed by atoms with van der Waals surface area (Å²) < 4.78 is 3.15. The van der Waals surface area contributed by atoms with Crippen molar-refractivity contribution in [3.8, 4) is 0 Å². The Balaban J connectivity index is 1.74. The average molecular weight is 272 g/mol. The number of hydrogen-bond acceptors (Lipinski definition) is 4. The highest BCUT2D eigenvalue weighted by Crippen LogP contribution is 2.26. The predicted octanol–water partition coefficient (Wildman–Crippen LogP) is 3.30. The zero-order valence-electron chi connectivity index (χ0n) is 11.0. The number of anilines is 1. The van der Waals surface area contributed by atoms with Crippen molar-refractivity contribution in [3.63, 3.8) is 0 Å². The van der Waals surface area contributed by atoms with E-state index in [1.807, 2.05) is 16.9 Å². The van der Waals surface area contributed by atoms with Crippen molar-refractivity contribution < 1.29 is 0 Å². The van der Waals surface area contributed by atoms with Crippen LogP contribution in [0.1, 0.15) is 12.5 Å². The van der Waals surface area contributed by atoms with Crippen LogP contribution >= 0.6 is 11.3 Å². The van der Waals surface area contributed by atoms with Crippen molar-refractivity contribution in [2.75, 3.05) is 5.32 Å². The highest BCUT2D eigenvalue weighted by atomic mass is 32.1. The second-order valence-corrected chi connectivity index (χ2v) is 5.79. The van der Waals surface area contributed by atoms with Gasteiger partial charge in [0.1, 0.15) is 0 Å². The maximum Gasteiger partial charge on any atom is 0.184 e.